The molecule has 0 saturated heterocycles. The number of hydrogen-bond acceptors (Lipinski definition) is 3. The van der Waals surface area contributed by atoms with Gasteiger partial charge in [0.05, 0.1) is 6.42 Å². The molecule has 0 aliphatic rings. The summed E-state index contributed by atoms with van der Waals surface area (Å²) in [5, 5.41) is 11.6. The molecule has 0 fully saturated rings. The molecule has 0 aliphatic carbocycles. The summed E-state index contributed by atoms with van der Waals surface area (Å²) in [4.78, 5) is 14.8. The van der Waals surface area contributed by atoms with Crippen molar-refractivity contribution < 1.29 is 9.90 Å². The highest BCUT2D eigenvalue weighted by atomic mass is 16.4. The number of rotatable bonds is 5. The molecule has 0 amide bonds. The van der Waals surface area contributed by atoms with Crippen molar-refractivity contribution in [2.24, 2.45) is 0 Å². The number of anilines is 1. The number of carboxylic acid groups (broad SMARTS) is 1. The van der Waals surface area contributed by atoms with E-state index >= 15 is 0 Å². The topological polar surface area (TPSA) is 62.2 Å². The van der Waals surface area contributed by atoms with Crippen molar-refractivity contribution in [2.45, 2.75) is 26.2 Å². The van der Waals surface area contributed by atoms with Gasteiger partial charge in [0.25, 0.3) is 0 Å². The first kappa shape index (κ1) is 11.5. The van der Waals surface area contributed by atoms with Gasteiger partial charge in [-0.2, -0.15) is 0 Å². The standard InChI is InChI=1S/C11H16N2O2/c1-3-8-4-5-9(6-7-10(14)15)13-11(8)12-2/h4-5H,3,6-7H2,1-2H3,(H,12,13)(H,14,15). The Kier molecular flexibility index (Phi) is 4.09. The van der Waals surface area contributed by atoms with Gasteiger partial charge in [0.1, 0.15) is 5.82 Å². The normalized spacial score (nSPS) is 10.0. The highest BCUT2D eigenvalue weighted by Crippen LogP contribution is 2.14. The summed E-state index contributed by atoms with van der Waals surface area (Å²) in [5.41, 5.74) is 1.97. The van der Waals surface area contributed by atoms with Crippen LogP contribution >= 0.6 is 0 Å². The van der Waals surface area contributed by atoms with Crippen LogP contribution in [0, 0.1) is 0 Å². The number of hydrogen-bond donors (Lipinski definition) is 2. The quantitative estimate of drug-likeness (QED) is 0.773. The van der Waals surface area contributed by atoms with E-state index in [2.05, 4.69) is 17.2 Å². The Morgan fingerprint density at radius 3 is 2.80 bits per heavy atom. The van der Waals surface area contributed by atoms with Gasteiger partial charge in [0.2, 0.25) is 0 Å². The monoisotopic (exact) mass is 208 g/mol. The summed E-state index contributed by atoms with van der Waals surface area (Å²) in [6, 6.07) is 3.89. The largest absolute Gasteiger partial charge is 0.481 e. The van der Waals surface area contributed by atoms with Gasteiger partial charge in [-0.15, -0.1) is 0 Å². The van der Waals surface area contributed by atoms with Crippen molar-refractivity contribution in [2.75, 3.05) is 12.4 Å². The van der Waals surface area contributed by atoms with Crippen LogP contribution in [-0.2, 0) is 17.6 Å². The number of pyridine rings is 1. The number of aryl methyl sites for hydroxylation is 2. The molecule has 1 rings (SSSR count). The molecule has 1 heterocycles. The van der Waals surface area contributed by atoms with Crippen molar-refractivity contribution in [3.8, 4) is 0 Å². The van der Waals surface area contributed by atoms with Gasteiger partial charge < -0.3 is 10.4 Å². The lowest BCUT2D eigenvalue weighted by Gasteiger charge is -2.08. The third kappa shape index (κ3) is 3.23. The predicted octanol–water partition coefficient (Wildman–Crippen LogP) is 1.70. The van der Waals surface area contributed by atoms with Crippen LogP contribution in [0.3, 0.4) is 0 Å². The first-order valence-electron chi connectivity index (χ1n) is 5.05. The Balaban J connectivity index is 2.78. The van der Waals surface area contributed by atoms with Crippen molar-refractivity contribution in [3.05, 3.63) is 23.4 Å². The van der Waals surface area contributed by atoms with Crippen LogP contribution in [-0.4, -0.2) is 23.1 Å². The second kappa shape index (κ2) is 5.34. The van der Waals surface area contributed by atoms with Crippen LogP contribution in [0.1, 0.15) is 24.6 Å². The van der Waals surface area contributed by atoms with Crippen molar-refractivity contribution in [1.82, 2.24) is 4.98 Å². The van der Waals surface area contributed by atoms with Crippen molar-refractivity contribution in [1.29, 1.82) is 0 Å². The van der Waals surface area contributed by atoms with Gasteiger partial charge in [-0.3, -0.25) is 4.79 Å². The smallest absolute Gasteiger partial charge is 0.303 e. The zero-order valence-electron chi connectivity index (χ0n) is 9.08. The second-order valence-electron chi connectivity index (χ2n) is 3.31. The van der Waals surface area contributed by atoms with E-state index in [1.165, 1.54) is 0 Å². The molecule has 0 bridgehead atoms. The molecule has 82 valence electrons. The van der Waals surface area contributed by atoms with Gasteiger partial charge in [0, 0.05) is 19.2 Å². The Bertz CT molecular complexity index is 350. The Morgan fingerprint density at radius 2 is 2.27 bits per heavy atom. The van der Waals surface area contributed by atoms with Crippen LogP contribution in [0.2, 0.25) is 0 Å². The molecule has 0 aliphatic heterocycles. The molecule has 4 nitrogen and oxygen atoms in total. The van der Waals surface area contributed by atoms with E-state index in [1.54, 1.807) is 0 Å². The summed E-state index contributed by atoms with van der Waals surface area (Å²) >= 11 is 0. The number of carbonyl (C=O) groups is 1. The molecule has 0 spiro atoms. The Hall–Kier alpha value is -1.58. The highest BCUT2D eigenvalue weighted by molar-refractivity contribution is 5.67. The molecule has 0 aromatic carbocycles. The number of aliphatic carboxylic acids is 1. The molecule has 0 unspecified atom stereocenters. The van der Waals surface area contributed by atoms with E-state index in [4.69, 9.17) is 5.11 Å². The Labute approximate surface area is 89.3 Å². The maximum Gasteiger partial charge on any atom is 0.303 e. The fourth-order valence-corrected chi connectivity index (χ4v) is 1.40. The number of aromatic nitrogens is 1. The summed E-state index contributed by atoms with van der Waals surface area (Å²) in [7, 11) is 1.82. The number of nitrogens with zero attached hydrogens (tertiary/aromatic N) is 1. The minimum absolute atomic E-state index is 0.127. The summed E-state index contributed by atoms with van der Waals surface area (Å²) in [6.07, 6.45) is 1.53. The molecule has 0 saturated carbocycles. The lowest BCUT2D eigenvalue weighted by atomic mass is 10.1. The van der Waals surface area contributed by atoms with Crippen LogP contribution in [0.4, 0.5) is 5.82 Å². The SMILES string of the molecule is CCc1ccc(CCC(=O)O)nc1NC. The van der Waals surface area contributed by atoms with Gasteiger partial charge >= 0.3 is 5.97 Å². The number of carboxylic acids is 1. The lowest BCUT2D eigenvalue weighted by molar-refractivity contribution is -0.136. The third-order valence-electron chi connectivity index (χ3n) is 2.25. The maximum atomic E-state index is 10.4. The van der Waals surface area contributed by atoms with Gasteiger partial charge in [-0.1, -0.05) is 13.0 Å². The third-order valence-corrected chi connectivity index (χ3v) is 2.25. The van der Waals surface area contributed by atoms with Gasteiger partial charge in [0.15, 0.2) is 0 Å². The van der Waals surface area contributed by atoms with Crippen LogP contribution in [0.5, 0.6) is 0 Å². The van der Waals surface area contributed by atoms with Gasteiger partial charge in [-0.25, -0.2) is 4.98 Å². The fraction of sp³-hybridized carbons (Fsp3) is 0.455. The minimum atomic E-state index is -0.789. The van der Waals surface area contributed by atoms with Crippen LogP contribution in [0.15, 0.2) is 12.1 Å². The predicted molar refractivity (Wildman–Crippen MR) is 59.1 cm³/mol. The van der Waals surface area contributed by atoms with E-state index in [0.29, 0.717) is 6.42 Å². The first-order chi connectivity index (χ1) is 7.17. The van der Waals surface area contributed by atoms with E-state index in [-0.39, 0.29) is 6.42 Å². The van der Waals surface area contributed by atoms with Crippen LogP contribution in [0.25, 0.3) is 0 Å². The lowest BCUT2D eigenvalue weighted by Crippen LogP contribution is -2.03. The summed E-state index contributed by atoms with van der Waals surface area (Å²) in [6.45, 7) is 2.06. The molecule has 0 radical (unpaired) electrons. The van der Waals surface area contributed by atoms with Crippen LogP contribution < -0.4 is 5.32 Å². The molecule has 15 heavy (non-hydrogen) atoms. The first-order valence-corrected chi connectivity index (χ1v) is 5.05. The average Bonchev–Trinajstić information content (AvgIpc) is 2.25. The molecule has 1 aromatic rings. The van der Waals surface area contributed by atoms with E-state index in [9.17, 15) is 4.79 Å². The Morgan fingerprint density at radius 1 is 1.53 bits per heavy atom. The zero-order chi connectivity index (χ0) is 11.3. The average molecular weight is 208 g/mol. The molecule has 4 heteroatoms. The molecular weight excluding hydrogens is 192 g/mol. The molecule has 2 N–H and O–H groups in total. The minimum Gasteiger partial charge on any atom is -0.481 e. The van der Waals surface area contributed by atoms with E-state index in [1.807, 2.05) is 19.2 Å². The fourth-order valence-electron chi connectivity index (χ4n) is 1.40. The number of nitrogens with one attached hydrogen (secondary N) is 1. The van der Waals surface area contributed by atoms with Crippen molar-refractivity contribution in [3.63, 3.8) is 0 Å². The van der Waals surface area contributed by atoms with E-state index < -0.39 is 5.97 Å². The highest BCUT2D eigenvalue weighted by Gasteiger charge is 2.04. The molecule has 1 aromatic heterocycles. The summed E-state index contributed by atoms with van der Waals surface area (Å²) in [5.74, 6) is 0.0581. The second-order valence-corrected chi connectivity index (χ2v) is 3.31. The van der Waals surface area contributed by atoms with Crippen molar-refractivity contribution >= 4 is 11.8 Å². The zero-order valence-corrected chi connectivity index (χ0v) is 9.08. The molecular formula is C11H16N2O2. The summed E-state index contributed by atoms with van der Waals surface area (Å²) < 4.78 is 0. The maximum absolute atomic E-state index is 10.4. The molecule has 0 atom stereocenters. The van der Waals surface area contributed by atoms with Gasteiger partial charge in [-0.05, 0) is 18.1 Å². The van der Waals surface area contributed by atoms with E-state index in [0.717, 1.165) is 23.5 Å².